The first-order valence-electron chi connectivity index (χ1n) is 6.91. The zero-order valence-corrected chi connectivity index (χ0v) is 12.3. The Kier molecular flexibility index (Phi) is 5.07. The van der Waals surface area contributed by atoms with Crippen molar-refractivity contribution in [3.05, 3.63) is 53.3 Å². The molecule has 0 aliphatic carbocycles. The van der Waals surface area contributed by atoms with E-state index in [9.17, 15) is 0 Å². The summed E-state index contributed by atoms with van der Waals surface area (Å²) in [6, 6.07) is 10.2. The normalized spacial score (nSPS) is 12.2. The van der Waals surface area contributed by atoms with E-state index in [4.69, 9.17) is 4.74 Å². The molecule has 2 aromatic rings. The first-order valence-corrected chi connectivity index (χ1v) is 6.91. The average molecular weight is 271 g/mol. The Balaban J connectivity index is 2.03. The number of benzene rings is 1. The number of anilines is 1. The lowest BCUT2D eigenvalue weighted by atomic mass is 10.1. The molecule has 1 N–H and O–H groups in total. The van der Waals surface area contributed by atoms with E-state index in [0.717, 1.165) is 16.8 Å². The van der Waals surface area contributed by atoms with E-state index in [1.54, 1.807) is 0 Å². The van der Waals surface area contributed by atoms with Crippen LogP contribution in [0.2, 0.25) is 0 Å². The molecule has 1 aromatic heterocycles. The summed E-state index contributed by atoms with van der Waals surface area (Å²) >= 11 is 0. The van der Waals surface area contributed by atoms with E-state index in [1.165, 1.54) is 0 Å². The van der Waals surface area contributed by atoms with Crippen LogP contribution in [0.1, 0.15) is 29.8 Å². The van der Waals surface area contributed by atoms with E-state index < -0.39 is 0 Å². The van der Waals surface area contributed by atoms with E-state index in [0.29, 0.717) is 19.1 Å². The molecule has 1 aromatic carbocycles. The SMILES string of the molecule is CCOC(CNc1ncc(C)c(C)n1)c1ccccc1. The molecule has 0 aliphatic rings. The van der Waals surface area contributed by atoms with Gasteiger partial charge in [0.1, 0.15) is 0 Å². The third-order valence-corrected chi connectivity index (χ3v) is 3.21. The first-order chi connectivity index (χ1) is 9.70. The molecule has 2 rings (SSSR count). The summed E-state index contributed by atoms with van der Waals surface area (Å²) in [5.41, 5.74) is 3.25. The molecule has 0 radical (unpaired) electrons. The fourth-order valence-electron chi connectivity index (χ4n) is 1.94. The summed E-state index contributed by atoms with van der Waals surface area (Å²) in [7, 11) is 0. The number of ether oxygens (including phenoxy) is 1. The van der Waals surface area contributed by atoms with Crippen molar-refractivity contribution in [2.24, 2.45) is 0 Å². The topological polar surface area (TPSA) is 47.0 Å². The molecule has 20 heavy (non-hydrogen) atoms. The van der Waals surface area contributed by atoms with Crippen LogP contribution in [0.5, 0.6) is 0 Å². The van der Waals surface area contributed by atoms with Gasteiger partial charge in [0.05, 0.1) is 6.10 Å². The van der Waals surface area contributed by atoms with E-state index >= 15 is 0 Å². The summed E-state index contributed by atoms with van der Waals surface area (Å²) in [6.45, 7) is 7.32. The zero-order valence-electron chi connectivity index (χ0n) is 12.3. The second kappa shape index (κ2) is 7.01. The van der Waals surface area contributed by atoms with Crippen molar-refractivity contribution in [1.82, 2.24) is 9.97 Å². The van der Waals surface area contributed by atoms with Gasteiger partial charge in [-0.1, -0.05) is 30.3 Å². The molecule has 0 bridgehead atoms. The average Bonchev–Trinajstić information content (AvgIpc) is 2.48. The molecule has 1 unspecified atom stereocenters. The van der Waals surface area contributed by atoms with E-state index in [1.807, 2.05) is 45.2 Å². The first kappa shape index (κ1) is 14.5. The molecule has 1 atom stereocenters. The van der Waals surface area contributed by atoms with Gasteiger partial charge in [-0.2, -0.15) is 0 Å². The number of nitrogens with zero attached hydrogens (tertiary/aromatic N) is 2. The van der Waals surface area contributed by atoms with Crippen LogP contribution >= 0.6 is 0 Å². The molecule has 0 amide bonds. The minimum Gasteiger partial charge on any atom is -0.372 e. The summed E-state index contributed by atoms with van der Waals surface area (Å²) in [4.78, 5) is 8.71. The molecule has 0 aliphatic heterocycles. The van der Waals surface area contributed by atoms with Crippen LogP contribution in [0, 0.1) is 13.8 Å². The Morgan fingerprint density at radius 2 is 1.95 bits per heavy atom. The number of aromatic nitrogens is 2. The van der Waals surface area contributed by atoms with Crippen molar-refractivity contribution in [2.45, 2.75) is 26.9 Å². The molecular formula is C16H21N3O. The van der Waals surface area contributed by atoms with Gasteiger partial charge in [0, 0.05) is 25.0 Å². The van der Waals surface area contributed by atoms with Crippen LogP contribution in [-0.4, -0.2) is 23.1 Å². The molecule has 0 spiro atoms. The lowest BCUT2D eigenvalue weighted by molar-refractivity contribution is 0.0718. The van der Waals surface area contributed by atoms with Gasteiger partial charge >= 0.3 is 0 Å². The van der Waals surface area contributed by atoms with E-state index in [-0.39, 0.29) is 6.10 Å². The highest BCUT2D eigenvalue weighted by molar-refractivity contribution is 5.29. The third kappa shape index (κ3) is 3.78. The van der Waals surface area contributed by atoms with Crippen molar-refractivity contribution in [1.29, 1.82) is 0 Å². The predicted molar refractivity (Wildman–Crippen MR) is 80.8 cm³/mol. The van der Waals surface area contributed by atoms with Gasteiger partial charge in [0.2, 0.25) is 5.95 Å². The minimum absolute atomic E-state index is 0.00593. The van der Waals surface area contributed by atoms with Crippen molar-refractivity contribution in [3.8, 4) is 0 Å². The molecule has 106 valence electrons. The Morgan fingerprint density at radius 1 is 1.20 bits per heavy atom. The second-order valence-electron chi connectivity index (χ2n) is 4.70. The predicted octanol–water partition coefficient (Wildman–Crippen LogP) is 3.28. The fourth-order valence-corrected chi connectivity index (χ4v) is 1.94. The van der Waals surface area contributed by atoms with Gasteiger partial charge in [-0.25, -0.2) is 9.97 Å². The van der Waals surface area contributed by atoms with Gasteiger partial charge < -0.3 is 10.1 Å². The third-order valence-electron chi connectivity index (χ3n) is 3.21. The number of rotatable bonds is 6. The van der Waals surface area contributed by atoms with Crippen molar-refractivity contribution >= 4 is 5.95 Å². The Hall–Kier alpha value is -1.94. The maximum atomic E-state index is 5.79. The van der Waals surface area contributed by atoms with Crippen LogP contribution < -0.4 is 5.32 Å². The highest BCUT2D eigenvalue weighted by Crippen LogP contribution is 2.17. The quantitative estimate of drug-likeness (QED) is 0.876. The zero-order chi connectivity index (χ0) is 14.4. The summed E-state index contributed by atoms with van der Waals surface area (Å²) in [5.74, 6) is 0.647. The number of aryl methyl sites for hydroxylation is 2. The van der Waals surface area contributed by atoms with Gasteiger partial charge in [-0.3, -0.25) is 0 Å². The number of nitrogens with one attached hydrogen (secondary N) is 1. The Bertz CT molecular complexity index is 543. The van der Waals surface area contributed by atoms with Gasteiger partial charge in [0.25, 0.3) is 0 Å². The van der Waals surface area contributed by atoms with Crippen molar-refractivity contribution in [3.63, 3.8) is 0 Å². The smallest absolute Gasteiger partial charge is 0.222 e. The summed E-state index contributed by atoms with van der Waals surface area (Å²) in [6.07, 6.45) is 1.84. The molecule has 4 heteroatoms. The van der Waals surface area contributed by atoms with Crippen molar-refractivity contribution < 1.29 is 4.74 Å². The molecular weight excluding hydrogens is 250 g/mol. The highest BCUT2D eigenvalue weighted by atomic mass is 16.5. The van der Waals surface area contributed by atoms with Crippen LogP contribution in [-0.2, 0) is 4.74 Å². The largest absolute Gasteiger partial charge is 0.372 e. The minimum atomic E-state index is 0.00593. The molecule has 4 nitrogen and oxygen atoms in total. The van der Waals surface area contributed by atoms with E-state index in [2.05, 4.69) is 27.4 Å². The van der Waals surface area contributed by atoms with Gasteiger partial charge in [0.15, 0.2) is 0 Å². The lowest BCUT2D eigenvalue weighted by Gasteiger charge is -2.18. The van der Waals surface area contributed by atoms with Crippen LogP contribution in [0.4, 0.5) is 5.95 Å². The molecule has 0 fully saturated rings. The van der Waals surface area contributed by atoms with Crippen LogP contribution in [0.25, 0.3) is 0 Å². The van der Waals surface area contributed by atoms with Crippen molar-refractivity contribution in [2.75, 3.05) is 18.5 Å². The summed E-state index contributed by atoms with van der Waals surface area (Å²) < 4.78 is 5.79. The maximum absolute atomic E-state index is 5.79. The standard InChI is InChI=1S/C16H21N3O/c1-4-20-15(14-8-6-5-7-9-14)11-18-16-17-10-12(2)13(3)19-16/h5-10,15H,4,11H2,1-3H3,(H,17,18,19). The monoisotopic (exact) mass is 271 g/mol. The molecule has 0 saturated heterocycles. The summed E-state index contributed by atoms with van der Waals surface area (Å²) in [5, 5.41) is 3.25. The second-order valence-corrected chi connectivity index (χ2v) is 4.70. The van der Waals surface area contributed by atoms with Gasteiger partial charge in [-0.15, -0.1) is 0 Å². The molecule has 1 heterocycles. The highest BCUT2D eigenvalue weighted by Gasteiger charge is 2.11. The lowest BCUT2D eigenvalue weighted by Crippen LogP contribution is -2.17. The van der Waals surface area contributed by atoms with Crippen LogP contribution in [0.15, 0.2) is 36.5 Å². The number of hydrogen-bond acceptors (Lipinski definition) is 4. The fraction of sp³-hybridized carbons (Fsp3) is 0.375. The maximum Gasteiger partial charge on any atom is 0.222 e. The molecule has 0 saturated carbocycles. The Labute approximate surface area is 120 Å². The number of hydrogen-bond donors (Lipinski definition) is 1. The van der Waals surface area contributed by atoms with Crippen LogP contribution in [0.3, 0.4) is 0 Å². The van der Waals surface area contributed by atoms with Gasteiger partial charge in [-0.05, 0) is 31.9 Å². The Morgan fingerprint density at radius 3 is 2.60 bits per heavy atom.